The van der Waals surface area contributed by atoms with Crippen molar-refractivity contribution in [2.75, 3.05) is 31.6 Å². The molecule has 2 N–H and O–H groups in total. The Balaban J connectivity index is 1.73. The summed E-state index contributed by atoms with van der Waals surface area (Å²) in [5.74, 6) is 0.216. The van der Waals surface area contributed by atoms with Gasteiger partial charge in [-0.25, -0.2) is 4.98 Å². The summed E-state index contributed by atoms with van der Waals surface area (Å²) in [4.78, 5) is 3.86. The molecule has 112 valence electrons. The maximum atomic E-state index is 12.5. The third-order valence-corrected chi connectivity index (χ3v) is 3.14. The molecule has 1 aliphatic rings. The first-order valence-electron chi connectivity index (χ1n) is 6.65. The van der Waals surface area contributed by atoms with E-state index in [4.69, 9.17) is 4.74 Å². The van der Waals surface area contributed by atoms with E-state index in [9.17, 15) is 13.2 Å². The van der Waals surface area contributed by atoms with Crippen LogP contribution in [0, 0.1) is 0 Å². The highest BCUT2D eigenvalue weighted by Gasteiger charge is 2.30. The van der Waals surface area contributed by atoms with Gasteiger partial charge in [-0.05, 0) is 38.1 Å². The maximum absolute atomic E-state index is 12.5. The molecule has 7 heteroatoms. The van der Waals surface area contributed by atoms with Crippen molar-refractivity contribution in [2.45, 2.75) is 25.1 Å². The van der Waals surface area contributed by atoms with Crippen LogP contribution in [0.1, 0.15) is 18.4 Å². The van der Waals surface area contributed by atoms with Gasteiger partial charge >= 0.3 is 6.18 Å². The molecule has 20 heavy (non-hydrogen) atoms. The number of pyridine rings is 1. The fraction of sp³-hybridized carbons (Fsp3) is 0.615. The molecule has 0 aromatic carbocycles. The summed E-state index contributed by atoms with van der Waals surface area (Å²) >= 11 is 0. The lowest BCUT2D eigenvalue weighted by molar-refractivity contribution is -0.137. The van der Waals surface area contributed by atoms with Gasteiger partial charge in [0, 0.05) is 12.7 Å². The van der Waals surface area contributed by atoms with Crippen LogP contribution in [0.25, 0.3) is 0 Å². The van der Waals surface area contributed by atoms with Gasteiger partial charge in [0.25, 0.3) is 0 Å². The summed E-state index contributed by atoms with van der Waals surface area (Å²) in [6, 6.07) is 1.96. The van der Waals surface area contributed by atoms with Gasteiger partial charge in [-0.15, -0.1) is 0 Å². The van der Waals surface area contributed by atoms with Crippen molar-refractivity contribution in [3.05, 3.63) is 23.9 Å². The quantitative estimate of drug-likeness (QED) is 0.816. The monoisotopic (exact) mass is 289 g/mol. The van der Waals surface area contributed by atoms with Crippen LogP contribution in [0.2, 0.25) is 0 Å². The van der Waals surface area contributed by atoms with Crippen molar-refractivity contribution in [1.29, 1.82) is 0 Å². The standard InChI is InChI=1S/C13H18F3N3O/c14-13(15,16)10-1-6-18-12(9-10)19-7-8-20-11-2-4-17-5-3-11/h1,6,9,11,17H,2-5,7-8H2,(H,18,19). The van der Waals surface area contributed by atoms with Gasteiger partial charge < -0.3 is 15.4 Å². The van der Waals surface area contributed by atoms with Crippen LogP contribution in [-0.4, -0.2) is 37.3 Å². The van der Waals surface area contributed by atoms with E-state index in [1.807, 2.05) is 0 Å². The summed E-state index contributed by atoms with van der Waals surface area (Å²) in [7, 11) is 0. The Morgan fingerprint density at radius 3 is 2.80 bits per heavy atom. The Kier molecular flexibility index (Phi) is 5.19. The Hall–Kier alpha value is -1.34. The zero-order valence-electron chi connectivity index (χ0n) is 11.0. The van der Waals surface area contributed by atoms with Crippen LogP contribution in [0.15, 0.2) is 18.3 Å². The van der Waals surface area contributed by atoms with E-state index >= 15 is 0 Å². The van der Waals surface area contributed by atoms with Crippen molar-refractivity contribution in [2.24, 2.45) is 0 Å². The van der Waals surface area contributed by atoms with Crippen molar-refractivity contribution in [1.82, 2.24) is 10.3 Å². The first-order chi connectivity index (χ1) is 9.55. The number of nitrogens with one attached hydrogen (secondary N) is 2. The number of aromatic nitrogens is 1. The smallest absolute Gasteiger partial charge is 0.376 e. The molecule has 1 aromatic heterocycles. The van der Waals surface area contributed by atoms with Crippen molar-refractivity contribution in [3.8, 4) is 0 Å². The van der Waals surface area contributed by atoms with E-state index in [-0.39, 0.29) is 11.9 Å². The molecule has 0 radical (unpaired) electrons. The first kappa shape index (κ1) is 15.1. The number of piperidine rings is 1. The van der Waals surface area contributed by atoms with E-state index in [1.165, 1.54) is 0 Å². The van der Waals surface area contributed by atoms with Gasteiger partial charge in [-0.2, -0.15) is 13.2 Å². The number of hydrogen-bond acceptors (Lipinski definition) is 4. The number of anilines is 1. The minimum absolute atomic E-state index is 0.216. The van der Waals surface area contributed by atoms with Crippen molar-refractivity contribution < 1.29 is 17.9 Å². The minimum Gasteiger partial charge on any atom is -0.376 e. The van der Waals surface area contributed by atoms with Crippen LogP contribution in [-0.2, 0) is 10.9 Å². The molecule has 0 atom stereocenters. The molecule has 4 nitrogen and oxygen atoms in total. The molecule has 0 amide bonds. The summed E-state index contributed by atoms with van der Waals surface area (Å²) < 4.78 is 43.2. The molecule has 0 spiro atoms. The molecule has 1 fully saturated rings. The summed E-state index contributed by atoms with van der Waals surface area (Å²) in [6.07, 6.45) is -1.000. The molecule has 1 aromatic rings. The third kappa shape index (κ3) is 4.64. The van der Waals surface area contributed by atoms with Crippen molar-refractivity contribution >= 4 is 5.82 Å². The molecule has 1 saturated heterocycles. The molecule has 1 aliphatic heterocycles. The predicted octanol–water partition coefficient (Wildman–Crippen LogP) is 2.28. The summed E-state index contributed by atoms with van der Waals surface area (Å²) in [5, 5.41) is 6.08. The Labute approximate surface area is 115 Å². The van der Waals surface area contributed by atoms with Gasteiger partial charge in [-0.1, -0.05) is 0 Å². The Bertz CT molecular complexity index is 420. The molecule has 2 rings (SSSR count). The highest BCUT2D eigenvalue weighted by molar-refractivity contribution is 5.38. The Morgan fingerprint density at radius 2 is 2.10 bits per heavy atom. The number of ether oxygens (including phenoxy) is 1. The molecule has 0 unspecified atom stereocenters. The number of alkyl halides is 3. The van der Waals surface area contributed by atoms with Gasteiger partial charge in [0.1, 0.15) is 5.82 Å². The second-order valence-corrected chi connectivity index (χ2v) is 4.67. The second kappa shape index (κ2) is 6.90. The molecular weight excluding hydrogens is 271 g/mol. The SMILES string of the molecule is FC(F)(F)c1ccnc(NCCOC2CCNCC2)c1. The van der Waals surface area contributed by atoms with Gasteiger partial charge in [0.2, 0.25) is 0 Å². The fourth-order valence-electron chi connectivity index (χ4n) is 2.07. The van der Waals surface area contributed by atoms with Gasteiger partial charge in [0.15, 0.2) is 0 Å². The van der Waals surface area contributed by atoms with Crippen LogP contribution in [0.5, 0.6) is 0 Å². The number of halogens is 3. The molecule has 0 saturated carbocycles. The second-order valence-electron chi connectivity index (χ2n) is 4.67. The van der Waals surface area contributed by atoms with E-state index in [2.05, 4.69) is 15.6 Å². The fourth-order valence-corrected chi connectivity index (χ4v) is 2.07. The van der Waals surface area contributed by atoms with Crippen molar-refractivity contribution in [3.63, 3.8) is 0 Å². The molecular formula is C13H18F3N3O. The lowest BCUT2D eigenvalue weighted by Crippen LogP contribution is -2.33. The average molecular weight is 289 g/mol. The normalized spacial score (nSPS) is 17.1. The lowest BCUT2D eigenvalue weighted by atomic mass is 10.1. The highest BCUT2D eigenvalue weighted by atomic mass is 19.4. The topological polar surface area (TPSA) is 46.2 Å². The number of rotatable bonds is 5. The summed E-state index contributed by atoms with van der Waals surface area (Å²) in [5.41, 5.74) is -0.700. The Morgan fingerprint density at radius 1 is 1.35 bits per heavy atom. The molecule has 0 aliphatic carbocycles. The zero-order valence-corrected chi connectivity index (χ0v) is 11.0. The zero-order chi connectivity index (χ0) is 14.4. The minimum atomic E-state index is -4.34. The lowest BCUT2D eigenvalue weighted by Gasteiger charge is -2.23. The van der Waals surface area contributed by atoms with Crippen LogP contribution < -0.4 is 10.6 Å². The number of hydrogen-bond donors (Lipinski definition) is 2. The van der Waals surface area contributed by atoms with Gasteiger partial charge in [-0.3, -0.25) is 0 Å². The summed E-state index contributed by atoms with van der Waals surface area (Å²) in [6.45, 7) is 2.81. The third-order valence-electron chi connectivity index (χ3n) is 3.14. The van der Waals surface area contributed by atoms with E-state index in [0.29, 0.717) is 13.2 Å². The van der Waals surface area contributed by atoms with E-state index in [0.717, 1.165) is 44.3 Å². The largest absolute Gasteiger partial charge is 0.416 e. The first-order valence-corrected chi connectivity index (χ1v) is 6.65. The molecule has 2 heterocycles. The van der Waals surface area contributed by atoms with Crippen LogP contribution >= 0.6 is 0 Å². The predicted molar refractivity (Wildman–Crippen MR) is 69.6 cm³/mol. The maximum Gasteiger partial charge on any atom is 0.416 e. The number of nitrogens with zero attached hydrogens (tertiary/aromatic N) is 1. The van der Waals surface area contributed by atoms with E-state index in [1.54, 1.807) is 0 Å². The van der Waals surface area contributed by atoms with E-state index < -0.39 is 11.7 Å². The van der Waals surface area contributed by atoms with Gasteiger partial charge in [0.05, 0.1) is 18.3 Å². The molecule has 0 bridgehead atoms. The van der Waals surface area contributed by atoms with Crippen LogP contribution in [0.4, 0.5) is 19.0 Å². The van der Waals surface area contributed by atoms with Crippen LogP contribution in [0.3, 0.4) is 0 Å². The highest BCUT2D eigenvalue weighted by Crippen LogP contribution is 2.29. The average Bonchev–Trinajstić information content (AvgIpc) is 2.44.